The Morgan fingerprint density at radius 2 is 0.917 bits per heavy atom. The average molecular weight is 1830 g/mol. The fourth-order valence-electron chi connectivity index (χ4n) is 14.4. The highest BCUT2D eigenvalue weighted by Gasteiger charge is 2.35. The molecule has 0 N–H and O–H groups in total. The zero-order valence-corrected chi connectivity index (χ0v) is 86.9. The van der Waals surface area contributed by atoms with Gasteiger partial charge in [0.05, 0.1) is 74.0 Å². The zero-order valence-electron chi connectivity index (χ0n) is 85.3. The molecule has 0 unspecified atom stereocenters. The first-order valence-corrected chi connectivity index (χ1v) is 46.7. The Morgan fingerprint density at radius 1 is 0.402 bits per heavy atom. The van der Waals surface area contributed by atoms with Crippen LogP contribution in [0.1, 0.15) is 231 Å². The van der Waals surface area contributed by atoms with Gasteiger partial charge in [0.2, 0.25) is 56.5 Å². The lowest BCUT2D eigenvalue weighted by Gasteiger charge is -2.18. The van der Waals surface area contributed by atoms with E-state index in [0.29, 0.717) is 0 Å². The molecule has 696 valence electrons. The number of benzene rings is 7. The van der Waals surface area contributed by atoms with E-state index in [-0.39, 0.29) is 55.3 Å². The van der Waals surface area contributed by atoms with Gasteiger partial charge in [-0.25, -0.2) is 32.3 Å². The fraction of sp³-hybridized carbons (Fsp3) is 0.400. The summed E-state index contributed by atoms with van der Waals surface area (Å²) in [5, 5.41) is 16.0. The molecule has 10 heterocycles. The van der Waals surface area contributed by atoms with Crippen molar-refractivity contribution in [2.45, 2.75) is 284 Å². The van der Waals surface area contributed by atoms with E-state index < -0.39 is 0 Å². The van der Waals surface area contributed by atoms with E-state index in [1.165, 1.54) is 44.0 Å². The van der Waals surface area contributed by atoms with Crippen LogP contribution in [-0.4, -0.2) is 34.9 Å². The van der Waals surface area contributed by atoms with Crippen molar-refractivity contribution in [1.29, 1.82) is 0 Å². The number of hydrogen-bond acceptors (Lipinski definition) is 10. The topological polar surface area (TPSA) is 160 Å². The Morgan fingerprint density at radius 3 is 1.36 bits per heavy atom. The molecule has 0 radical (unpaired) electrons. The van der Waals surface area contributed by atoms with Crippen molar-refractivity contribution in [3.8, 4) is 17.0 Å². The first kappa shape index (κ1) is 105. The van der Waals surface area contributed by atoms with Gasteiger partial charge in [-0.05, 0) is 162 Å². The second-order valence-electron chi connectivity index (χ2n) is 42.7. The maximum atomic E-state index is 6.58. The molecule has 0 amide bonds. The van der Waals surface area contributed by atoms with E-state index in [9.17, 15) is 0 Å². The van der Waals surface area contributed by atoms with Crippen LogP contribution in [0, 0.1) is 20.8 Å². The van der Waals surface area contributed by atoms with Crippen LogP contribution >= 0.6 is 23.1 Å². The van der Waals surface area contributed by atoms with Crippen molar-refractivity contribution in [3.63, 3.8) is 0 Å². The summed E-state index contributed by atoms with van der Waals surface area (Å²) in [4.78, 5) is 20.8. The van der Waals surface area contributed by atoms with Crippen molar-refractivity contribution >= 4 is 77.8 Å². The van der Waals surface area contributed by atoms with Gasteiger partial charge in [0.25, 0.3) is 19.0 Å². The molecule has 0 saturated heterocycles. The van der Waals surface area contributed by atoms with Crippen LogP contribution in [0.4, 0.5) is 0 Å². The van der Waals surface area contributed by atoms with Gasteiger partial charge < -0.3 is 0 Å². The van der Waals surface area contributed by atoms with E-state index in [0.717, 1.165) is 55.6 Å². The molecular weight excluding hydrogens is 1670 g/mol. The normalized spacial score (nSPS) is 11.9. The summed E-state index contributed by atoms with van der Waals surface area (Å²) in [5.41, 5.74) is 12.2. The predicted octanol–water partition coefficient (Wildman–Crippen LogP) is 22.4. The van der Waals surface area contributed by atoms with Crippen molar-refractivity contribution < 1.29 is 59.4 Å². The van der Waals surface area contributed by atoms with Gasteiger partial charge in [-0.15, -0.1) is 3.96 Å². The molecule has 132 heavy (non-hydrogen) atoms. The quantitative estimate of drug-likeness (QED) is 0.121. The van der Waals surface area contributed by atoms with Crippen LogP contribution in [0.3, 0.4) is 0 Å². The number of aryl methyl sites for hydroxylation is 4. The van der Waals surface area contributed by atoms with Crippen LogP contribution < -0.4 is 45.8 Å². The number of tetrazole rings is 1. The van der Waals surface area contributed by atoms with E-state index in [1.807, 2.05) is 185 Å². The number of halogens is 1. The molecule has 0 saturated carbocycles. The van der Waals surface area contributed by atoms with Crippen molar-refractivity contribution in [1.82, 2.24) is 34.9 Å². The monoisotopic (exact) mass is 1820 g/mol. The minimum Gasteiger partial charge on any atom is -0.244 e. The number of pyridine rings is 1. The summed E-state index contributed by atoms with van der Waals surface area (Å²) in [6.45, 7) is 70.8. The molecule has 17 rings (SSSR count). The van der Waals surface area contributed by atoms with Gasteiger partial charge >= 0.3 is 5.82 Å². The van der Waals surface area contributed by atoms with Crippen LogP contribution in [0.15, 0.2) is 306 Å². The molecule has 0 aliphatic rings. The summed E-state index contributed by atoms with van der Waals surface area (Å²) in [7, 11) is 2.08. The fourth-order valence-corrected chi connectivity index (χ4v) is 15.4. The average Bonchev–Trinajstić information content (AvgIpc) is 0.921. The van der Waals surface area contributed by atoms with Gasteiger partial charge in [0.1, 0.15) is 56.6 Å². The molecule has 0 aliphatic carbocycles. The Kier molecular flexibility index (Phi) is 35.4. The number of fused-ring (bicyclic) bond motifs is 5. The van der Waals surface area contributed by atoms with Crippen molar-refractivity contribution in [3.05, 3.63) is 321 Å². The van der Waals surface area contributed by atoms with E-state index in [2.05, 4.69) is 400 Å². The zero-order chi connectivity index (χ0) is 97.8. The molecule has 17 aromatic rings. The second kappa shape index (κ2) is 44.4. The Bertz CT molecular complexity index is 6240. The smallest absolute Gasteiger partial charge is 0.244 e. The first-order valence-electron chi connectivity index (χ1n) is 45.5. The first-order chi connectivity index (χ1) is 61.5. The molecule has 0 aliphatic heterocycles. The lowest BCUT2D eigenvalue weighted by atomic mass is 9.95. The molecule has 10 aromatic heterocycles. The highest BCUT2D eigenvalue weighted by atomic mass is 35.5. The third kappa shape index (κ3) is 30.0. The molecule has 0 atom stereocenters. The summed E-state index contributed by atoms with van der Waals surface area (Å²) in [5.74, 6) is 3.01. The predicted molar refractivity (Wildman–Crippen MR) is 534 cm³/mol. The van der Waals surface area contributed by atoms with E-state index in [1.54, 1.807) is 35.1 Å². The van der Waals surface area contributed by atoms with Crippen LogP contribution in [-0.2, 0) is 62.3 Å². The minimum atomic E-state index is -0.0770. The summed E-state index contributed by atoms with van der Waals surface area (Å²) in [6, 6.07) is 71.7. The maximum absolute atomic E-state index is 6.58. The van der Waals surface area contributed by atoms with Gasteiger partial charge in [0, 0.05) is 192 Å². The van der Waals surface area contributed by atoms with Gasteiger partial charge in [-0.2, -0.15) is 9.13 Å². The minimum absolute atomic E-state index is 0.00377. The number of aromatic nitrogens is 17. The highest BCUT2D eigenvalue weighted by Crippen LogP contribution is 2.32. The van der Waals surface area contributed by atoms with Crippen molar-refractivity contribution in [2.24, 2.45) is 7.05 Å². The number of rotatable bonds is 2. The largest absolute Gasteiger partial charge is 0.303 e. The Labute approximate surface area is 795 Å². The summed E-state index contributed by atoms with van der Waals surface area (Å²) < 4.78 is 35.5. The number of hydrogen-bond donors (Lipinski definition) is 0. The molecular formula is C110H150ClN17O3S+10. The molecule has 0 fully saturated rings. The van der Waals surface area contributed by atoms with Gasteiger partial charge in [-0.3, -0.25) is 0 Å². The lowest BCUT2D eigenvalue weighted by molar-refractivity contribution is -0.911. The SMILES string of the molecule is CC(C)(C)[n+]1c2ccccc2c(Cl)c2ccccc21.CC(C)(C)[n+]1cccnc1.CC(C)(C)[n+]1ccco1.CC(C)(C)[n+]1cccs1.CC(C)(C)[n+]1ccnc2ccccc21.CC(C)(C)[n+]1cncc2ccccc21.CC(C)(C)[n+]1ncnn1-c1ccccc1.C[n+]1c(C(C)(C)C)ncc2ccccc21.Cc1cc(-c2ccccc2)o[n+]1C(C)(C)C.Cc1cc(C)[n+](C(C)(C)C)o1. The summed E-state index contributed by atoms with van der Waals surface area (Å²) >= 11 is 8.33. The molecule has 0 spiro atoms. The number of nitrogens with zero attached hydrogens (tertiary/aromatic N) is 17. The third-order valence-electron chi connectivity index (χ3n) is 20.5. The lowest BCUT2D eigenvalue weighted by Crippen LogP contribution is -2.58. The number of para-hydroxylation sites is 7. The highest BCUT2D eigenvalue weighted by molar-refractivity contribution is 6.99. The molecule has 22 heteroatoms. The maximum Gasteiger partial charge on any atom is 0.303 e. The van der Waals surface area contributed by atoms with Gasteiger partial charge in [0.15, 0.2) is 53.4 Å². The molecule has 0 bridgehead atoms. The molecule has 20 nitrogen and oxygen atoms in total. The van der Waals surface area contributed by atoms with Crippen molar-refractivity contribution in [2.75, 3.05) is 0 Å². The second-order valence-corrected chi connectivity index (χ2v) is 44.0. The van der Waals surface area contributed by atoms with Gasteiger partial charge in [-0.1, -0.05) is 136 Å². The Hall–Kier alpha value is -12.1. The third-order valence-corrected chi connectivity index (χ3v) is 22.1. The molecule has 7 aromatic carbocycles. The Balaban J connectivity index is 0.000000182. The standard InChI is InChI=1S/C17H17ClN.C14H18NO.C13H17N2.2C12H15N2.C11H15N4.C9H16NO.C8H13N2.C7H12NO.C7H12NS/c1-17(2,3)19-14-10-6-4-8-12(14)16(18)13-9-5-7-11-15(13)19;1-11-10-13(12-8-6-5-7-9-12)16-15(11)14(2,3)4;1-13(2,3)12-14-9-10-7-5-6-8-11(10)15(12)4;1-12(2,3)14-9-13-8-10-6-4-5-7-11(10)14;1-12(2,3)14-9-8-13-10-6-4-5-7-11(10)14;1-11(2,3)15-13-9-12-14(15)10-7-5-4-6-8-10;1-7-6-8(2)11-10(7)9(3,4)5;1-8(2,3)10-6-4-5-9-7-10;2*1-7(2,3)8-5-4-6-9-8/h4-11H,1-3H3;5-10H,1-4H3;5-9H,1-4H3;2*4-9H,1-3H3;4-9H,1-3H3;6H,1-5H3;4-7H,1-3H3;2*4-6H,1-3H3/q10*+1. The van der Waals surface area contributed by atoms with Crippen LogP contribution in [0.25, 0.3) is 71.7 Å². The van der Waals surface area contributed by atoms with Crippen LogP contribution in [0.2, 0.25) is 5.02 Å². The van der Waals surface area contributed by atoms with E-state index in [4.69, 9.17) is 25.2 Å². The van der Waals surface area contributed by atoms with Crippen LogP contribution in [0.5, 0.6) is 0 Å². The van der Waals surface area contributed by atoms with E-state index >= 15 is 0 Å². The summed E-state index contributed by atoms with van der Waals surface area (Å²) in [6.07, 6.45) is 22.5.